The highest BCUT2D eigenvalue weighted by Gasteiger charge is 2.19. The molecule has 0 amide bonds. The number of rotatable bonds is 1. The van der Waals surface area contributed by atoms with Gasteiger partial charge in [0.05, 0.1) is 0 Å². The van der Waals surface area contributed by atoms with Crippen LogP contribution in [0.2, 0.25) is 0 Å². The van der Waals surface area contributed by atoms with Crippen LogP contribution in [-0.4, -0.2) is 10.1 Å². The molecule has 0 aliphatic rings. The minimum atomic E-state index is 0.902. The van der Waals surface area contributed by atoms with Crippen molar-refractivity contribution in [1.82, 2.24) is 10.1 Å². The Morgan fingerprint density at radius 2 is 0.828 bits per heavy atom. The van der Waals surface area contributed by atoms with E-state index >= 15 is 0 Å². The quantitative estimate of drug-likeness (QED) is 0.442. The van der Waals surface area contributed by atoms with Crippen molar-refractivity contribution < 1.29 is 4.52 Å². The van der Waals surface area contributed by atoms with Crippen molar-refractivity contribution in [2.75, 3.05) is 0 Å². The molecule has 0 spiro atoms. The molecule has 3 rings (SSSR count). The van der Waals surface area contributed by atoms with Gasteiger partial charge in [-0.25, -0.2) is 0 Å². The van der Waals surface area contributed by atoms with E-state index in [9.17, 15) is 0 Å². The lowest BCUT2D eigenvalue weighted by atomic mass is 9.87. The average molecular weight is 393 g/mol. The van der Waals surface area contributed by atoms with Crippen LogP contribution >= 0.6 is 0 Å². The van der Waals surface area contributed by atoms with Gasteiger partial charge in [-0.1, -0.05) is 5.16 Å². The number of benzene rings is 1. The molecular weight excluding hydrogens is 356 g/mol. The second kappa shape index (κ2) is 8.52. The summed E-state index contributed by atoms with van der Waals surface area (Å²) < 4.78 is 5.32. The van der Waals surface area contributed by atoms with Gasteiger partial charge in [-0.15, -0.1) is 0 Å². The standard InChI is InChI=1S/C16H21NO.C10H15N/c1-8-9(2)11(4)15(12(5)10(8)3)16-13(6)14(7)18-17-16;1-6-7(2)9(4)11-10(5)8(6)3/h1-7H3;1-5H3. The van der Waals surface area contributed by atoms with E-state index in [0.29, 0.717) is 0 Å². The van der Waals surface area contributed by atoms with E-state index in [4.69, 9.17) is 4.52 Å². The Labute approximate surface area is 176 Å². The van der Waals surface area contributed by atoms with Crippen molar-refractivity contribution in [2.24, 2.45) is 0 Å². The summed E-state index contributed by atoms with van der Waals surface area (Å²) in [6, 6.07) is 0. The van der Waals surface area contributed by atoms with Gasteiger partial charge in [0.25, 0.3) is 0 Å². The third-order valence-electron chi connectivity index (χ3n) is 6.94. The molecule has 0 aliphatic carbocycles. The topological polar surface area (TPSA) is 38.9 Å². The highest BCUT2D eigenvalue weighted by molar-refractivity contribution is 5.74. The van der Waals surface area contributed by atoms with Crippen LogP contribution in [0.1, 0.15) is 67.2 Å². The first-order valence-electron chi connectivity index (χ1n) is 10.3. The number of aromatic nitrogens is 2. The van der Waals surface area contributed by atoms with E-state index in [0.717, 1.165) is 28.4 Å². The van der Waals surface area contributed by atoms with Crippen LogP contribution < -0.4 is 0 Å². The minimum Gasteiger partial charge on any atom is -0.361 e. The normalized spacial score (nSPS) is 10.8. The third-order valence-corrected chi connectivity index (χ3v) is 6.94. The average Bonchev–Trinajstić information content (AvgIpc) is 3.01. The summed E-state index contributed by atoms with van der Waals surface area (Å²) in [4.78, 5) is 4.43. The van der Waals surface area contributed by atoms with Gasteiger partial charge in [0.15, 0.2) is 0 Å². The van der Waals surface area contributed by atoms with Gasteiger partial charge < -0.3 is 4.52 Å². The van der Waals surface area contributed by atoms with Gasteiger partial charge >= 0.3 is 0 Å². The van der Waals surface area contributed by atoms with E-state index < -0.39 is 0 Å². The SMILES string of the molecule is Cc1nc(C)c(C)c(C)c1C.Cc1onc(-c2c(C)c(C)c(C)c(C)c2C)c1C. The highest BCUT2D eigenvalue weighted by atomic mass is 16.5. The molecule has 0 unspecified atom stereocenters. The van der Waals surface area contributed by atoms with Crippen LogP contribution in [0.25, 0.3) is 11.3 Å². The van der Waals surface area contributed by atoms with Crippen LogP contribution in [0.5, 0.6) is 0 Å². The van der Waals surface area contributed by atoms with Gasteiger partial charge in [0, 0.05) is 22.5 Å². The van der Waals surface area contributed by atoms with E-state index in [-0.39, 0.29) is 0 Å². The van der Waals surface area contributed by atoms with Crippen molar-refractivity contribution >= 4 is 0 Å². The summed E-state index contributed by atoms with van der Waals surface area (Å²) in [6.07, 6.45) is 0. The number of aryl methyl sites for hydroxylation is 3. The maximum Gasteiger partial charge on any atom is 0.137 e. The first kappa shape index (κ1) is 22.9. The van der Waals surface area contributed by atoms with Gasteiger partial charge in [-0.2, -0.15) is 0 Å². The summed E-state index contributed by atoms with van der Waals surface area (Å²) in [6.45, 7) is 25.5. The number of hydrogen-bond acceptors (Lipinski definition) is 3. The summed E-state index contributed by atoms with van der Waals surface area (Å²) in [5.41, 5.74) is 16.4. The molecule has 0 saturated heterocycles. The molecule has 2 heterocycles. The summed E-state index contributed by atoms with van der Waals surface area (Å²) >= 11 is 0. The monoisotopic (exact) mass is 392 g/mol. The smallest absolute Gasteiger partial charge is 0.137 e. The fourth-order valence-corrected chi connectivity index (χ4v) is 3.75. The molecule has 0 atom stereocenters. The lowest BCUT2D eigenvalue weighted by Gasteiger charge is -2.17. The van der Waals surface area contributed by atoms with Crippen molar-refractivity contribution in [3.8, 4) is 11.3 Å². The number of nitrogens with zero attached hydrogens (tertiary/aromatic N) is 2. The maximum atomic E-state index is 5.32. The lowest BCUT2D eigenvalue weighted by molar-refractivity contribution is 0.398. The molecular formula is C26H36N2O. The number of pyridine rings is 1. The zero-order chi connectivity index (χ0) is 22.2. The molecule has 2 aromatic heterocycles. The first-order valence-corrected chi connectivity index (χ1v) is 10.3. The van der Waals surface area contributed by atoms with Crippen molar-refractivity contribution in [1.29, 1.82) is 0 Å². The highest BCUT2D eigenvalue weighted by Crippen LogP contribution is 2.35. The van der Waals surface area contributed by atoms with Gasteiger partial charge in [0.2, 0.25) is 0 Å². The summed E-state index contributed by atoms with van der Waals surface area (Å²) in [5, 5.41) is 4.24. The molecule has 0 N–H and O–H groups in total. The fraction of sp³-hybridized carbons (Fsp3) is 0.462. The Bertz CT molecular complexity index is 1020. The van der Waals surface area contributed by atoms with E-state index in [1.54, 1.807) is 0 Å². The minimum absolute atomic E-state index is 0.902. The van der Waals surface area contributed by atoms with Crippen molar-refractivity contribution in [3.63, 3.8) is 0 Å². The zero-order valence-corrected chi connectivity index (χ0v) is 20.3. The second-order valence-electron chi connectivity index (χ2n) is 8.37. The Balaban J connectivity index is 0.000000234. The Kier molecular flexibility index (Phi) is 6.72. The largest absolute Gasteiger partial charge is 0.361 e. The maximum absolute atomic E-state index is 5.32. The zero-order valence-electron chi connectivity index (χ0n) is 20.3. The van der Waals surface area contributed by atoms with Crippen molar-refractivity contribution in [2.45, 2.75) is 83.1 Å². The first-order chi connectivity index (χ1) is 13.4. The van der Waals surface area contributed by atoms with Crippen LogP contribution in [0.15, 0.2) is 4.52 Å². The van der Waals surface area contributed by atoms with Crippen LogP contribution in [0, 0.1) is 83.1 Å². The summed E-state index contributed by atoms with van der Waals surface area (Å²) in [7, 11) is 0. The number of hydrogen-bond donors (Lipinski definition) is 0. The second-order valence-corrected chi connectivity index (χ2v) is 8.37. The Morgan fingerprint density at radius 3 is 1.21 bits per heavy atom. The molecule has 0 radical (unpaired) electrons. The molecule has 0 aliphatic heterocycles. The van der Waals surface area contributed by atoms with Crippen LogP contribution in [-0.2, 0) is 0 Å². The molecule has 29 heavy (non-hydrogen) atoms. The van der Waals surface area contributed by atoms with Crippen LogP contribution in [0.4, 0.5) is 0 Å². The van der Waals surface area contributed by atoms with Gasteiger partial charge in [-0.05, 0) is 128 Å². The molecule has 0 fully saturated rings. The third kappa shape index (κ3) is 4.14. The van der Waals surface area contributed by atoms with E-state index in [2.05, 4.69) is 86.3 Å². The molecule has 3 heteroatoms. The fourth-order valence-electron chi connectivity index (χ4n) is 3.75. The predicted molar refractivity (Wildman–Crippen MR) is 123 cm³/mol. The molecule has 156 valence electrons. The molecule has 3 aromatic rings. The Hall–Kier alpha value is -2.42. The van der Waals surface area contributed by atoms with Gasteiger partial charge in [-0.3, -0.25) is 4.98 Å². The van der Waals surface area contributed by atoms with E-state index in [1.807, 2.05) is 6.92 Å². The van der Waals surface area contributed by atoms with Gasteiger partial charge in [0.1, 0.15) is 11.5 Å². The lowest BCUT2D eigenvalue weighted by Crippen LogP contribution is -2.00. The van der Waals surface area contributed by atoms with E-state index in [1.165, 1.54) is 50.1 Å². The summed E-state index contributed by atoms with van der Waals surface area (Å²) in [5.74, 6) is 0.902. The Morgan fingerprint density at radius 1 is 0.448 bits per heavy atom. The molecule has 1 aromatic carbocycles. The molecule has 3 nitrogen and oxygen atoms in total. The predicted octanol–water partition coefficient (Wildman–Crippen LogP) is 7.12. The van der Waals surface area contributed by atoms with Crippen molar-refractivity contribution in [3.05, 3.63) is 67.2 Å². The molecule has 0 bridgehead atoms. The van der Waals surface area contributed by atoms with Crippen LogP contribution in [0.3, 0.4) is 0 Å². The molecule has 0 saturated carbocycles.